The lowest BCUT2D eigenvalue weighted by atomic mass is 9.90. The Hall–Kier alpha value is -3.37. The molecule has 0 fully saturated rings. The van der Waals surface area contributed by atoms with Crippen molar-refractivity contribution in [2.45, 2.75) is 73.6 Å². The third kappa shape index (κ3) is 17.1. The van der Waals surface area contributed by atoms with Gasteiger partial charge in [0.2, 0.25) is 0 Å². The molecule has 0 rings (SSSR count). The summed E-state index contributed by atoms with van der Waals surface area (Å²) >= 11 is 0. The molecule has 0 spiro atoms. The molecule has 0 aromatic heterocycles. The molecule has 0 amide bonds. The first-order valence-electron chi connectivity index (χ1n) is 13.5. The van der Waals surface area contributed by atoms with Crippen LogP contribution in [0.3, 0.4) is 0 Å². The van der Waals surface area contributed by atoms with E-state index in [1.54, 1.807) is 41.5 Å². The highest BCUT2D eigenvalue weighted by atomic mass is 16.6. The van der Waals surface area contributed by atoms with Gasteiger partial charge in [0, 0.05) is 32.1 Å². The van der Waals surface area contributed by atoms with E-state index in [4.69, 9.17) is 33.2 Å². The van der Waals surface area contributed by atoms with E-state index in [-0.39, 0.29) is 90.4 Å². The lowest BCUT2D eigenvalue weighted by molar-refractivity contribution is -0.169. The van der Waals surface area contributed by atoms with E-state index in [1.165, 1.54) is 0 Å². The van der Waals surface area contributed by atoms with Gasteiger partial charge in [-0.2, -0.15) is 0 Å². The van der Waals surface area contributed by atoms with Crippen LogP contribution in [0.5, 0.6) is 0 Å². The van der Waals surface area contributed by atoms with E-state index in [2.05, 4.69) is 12.0 Å². The van der Waals surface area contributed by atoms with Crippen molar-refractivity contribution in [3.05, 3.63) is 0 Å². The number of carbonyl (C=O) groups excluding carboxylic acids is 5. The first-order valence-corrected chi connectivity index (χ1v) is 13.5. The van der Waals surface area contributed by atoms with Crippen molar-refractivity contribution in [2.24, 2.45) is 10.8 Å². The Labute approximate surface area is 242 Å². The molecule has 13 heteroatoms. The quantitative estimate of drug-likeness (QED) is 0.114. The van der Waals surface area contributed by atoms with Gasteiger partial charge in [-0.1, -0.05) is 34.6 Å². The summed E-state index contributed by atoms with van der Waals surface area (Å²) in [6, 6.07) is 0. The van der Waals surface area contributed by atoms with Crippen LogP contribution in [0.1, 0.15) is 73.6 Å². The van der Waals surface area contributed by atoms with Crippen molar-refractivity contribution in [3.63, 3.8) is 0 Å². The van der Waals surface area contributed by atoms with Crippen LogP contribution in [0.15, 0.2) is 0 Å². The van der Waals surface area contributed by atoms with Crippen molar-refractivity contribution in [1.82, 2.24) is 0 Å². The number of hydrogen-bond acceptors (Lipinski definition) is 12. The minimum atomic E-state index is -1.32. The SMILES string of the molecule is CCOC#CC(COCC(COC(=O)CC)(COC(=O)CC)COC(=O)CC)(COC(=O)CC)COC(=O)CC.O. The second-order valence-corrected chi connectivity index (χ2v) is 9.00. The molecule has 0 bridgehead atoms. The van der Waals surface area contributed by atoms with Gasteiger partial charge in [-0.15, -0.1) is 0 Å². The smallest absolute Gasteiger partial charge is 0.305 e. The fourth-order valence-corrected chi connectivity index (χ4v) is 2.81. The fourth-order valence-electron chi connectivity index (χ4n) is 2.81. The normalized spacial score (nSPS) is 10.7. The van der Waals surface area contributed by atoms with Crippen molar-refractivity contribution >= 4 is 29.8 Å². The summed E-state index contributed by atoms with van der Waals surface area (Å²) < 4.78 is 37.9. The summed E-state index contributed by atoms with van der Waals surface area (Å²) in [6.07, 6.45) is 3.05. The number of esters is 5. The van der Waals surface area contributed by atoms with Gasteiger partial charge in [0.25, 0.3) is 0 Å². The third-order valence-corrected chi connectivity index (χ3v) is 5.40. The molecule has 236 valence electrons. The first-order chi connectivity index (χ1) is 19.0. The van der Waals surface area contributed by atoms with Gasteiger partial charge >= 0.3 is 29.8 Å². The number of carbonyl (C=O) groups is 5. The van der Waals surface area contributed by atoms with Gasteiger partial charge in [0.05, 0.1) is 25.2 Å². The van der Waals surface area contributed by atoms with E-state index in [9.17, 15) is 24.0 Å². The van der Waals surface area contributed by atoms with Crippen molar-refractivity contribution < 1.29 is 62.6 Å². The maximum Gasteiger partial charge on any atom is 0.305 e. The molecule has 2 N–H and O–H groups in total. The summed E-state index contributed by atoms with van der Waals surface area (Å²) in [6.45, 7) is 8.31. The van der Waals surface area contributed by atoms with Crippen LogP contribution in [0.2, 0.25) is 0 Å². The van der Waals surface area contributed by atoms with Crippen molar-refractivity contribution in [1.29, 1.82) is 0 Å². The summed E-state index contributed by atoms with van der Waals surface area (Å²) in [4.78, 5) is 59.8. The van der Waals surface area contributed by atoms with Gasteiger partial charge in [-0.3, -0.25) is 24.0 Å². The zero-order valence-electron chi connectivity index (χ0n) is 25.1. The number of rotatable bonds is 20. The zero-order chi connectivity index (χ0) is 30.4. The lowest BCUT2D eigenvalue weighted by Crippen LogP contribution is -2.45. The van der Waals surface area contributed by atoms with Gasteiger partial charge in [0.15, 0.2) is 0 Å². The molecule has 0 saturated heterocycles. The predicted molar refractivity (Wildman–Crippen MR) is 145 cm³/mol. The summed E-state index contributed by atoms with van der Waals surface area (Å²) in [5.74, 6) is 0.322. The maximum absolute atomic E-state index is 12.0. The Morgan fingerprint density at radius 1 is 0.512 bits per heavy atom. The molecule has 41 heavy (non-hydrogen) atoms. The van der Waals surface area contributed by atoms with E-state index >= 15 is 0 Å². The molecule has 0 aliphatic heterocycles. The minimum absolute atomic E-state index is 0. The first kappa shape index (κ1) is 39.8. The van der Waals surface area contributed by atoms with Crippen LogP contribution in [-0.4, -0.2) is 88.2 Å². The largest absolute Gasteiger partial charge is 0.465 e. The predicted octanol–water partition coefficient (Wildman–Crippen LogP) is 1.91. The summed E-state index contributed by atoms with van der Waals surface area (Å²) in [7, 11) is 0. The Balaban J connectivity index is 0. The zero-order valence-corrected chi connectivity index (χ0v) is 25.1. The van der Waals surface area contributed by atoms with Crippen LogP contribution in [-0.2, 0) is 57.1 Å². The summed E-state index contributed by atoms with van der Waals surface area (Å²) in [5.41, 5.74) is -2.59. The van der Waals surface area contributed by atoms with E-state index in [0.717, 1.165) is 0 Å². The van der Waals surface area contributed by atoms with Gasteiger partial charge in [0.1, 0.15) is 44.6 Å². The molecule has 0 heterocycles. The fraction of sp³-hybridized carbons (Fsp3) is 0.750. The molecule has 13 nitrogen and oxygen atoms in total. The third-order valence-electron chi connectivity index (χ3n) is 5.40. The van der Waals surface area contributed by atoms with Crippen LogP contribution in [0, 0.1) is 22.9 Å². The van der Waals surface area contributed by atoms with Crippen LogP contribution in [0.4, 0.5) is 0 Å². The average Bonchev–Trinajstić information content (AvgIpc) is 2.98. The molecule has 0 aromatic carbocycles. The van der Waals surface area contributed by atoms with Gasteiger partial charge < -0.3 is 38.6 Å². The Kier molecular flexibility index (Phi) is 21.7. The second-order valence-electron chi connectivity index (χ2n) is 9.00. The van der Waals surface area contributed by atoms with Crippen molar-refractivity contribution in [2.75, 3.05) is 52.9 Å². The topological polar surface area (TPSA) is 181 Å². The highest BCUT2D eigenvalue weighted by molar-refractivity contribution is 5.70. The van der Waals surface area contributed by atoms with E-state index in [1.807, 2.05) is 0 Å². The highest BCUT2D eigenvalue weighted by Crippen LogP contribution is 2.25. The molecule has 0 unspecified atom stereocenters. The monoisotopic (exact) mass is 590 g/mol. The second kappa shape index (κ2) is 22.3. The van der Waals surface area contributed by atoms with Gasteiger partial charge in [-0.25, -0.2) is 0 Å². The molecule has 0 radical (unpaired) electrons. The minimum Gasteiger partial charge on any atom is -0.465 e. The average molecular weight is 591 g/mol. The lowest BCUT2D eigenvalue weighted by Gasteiger charge is -2.34. The molecular formula is C28H46O13. The molecule has 0 aromatic rings. The highest BCUT2D eigenvalue weighted by Gasteiger charge is 2.39. The van der Waals surface area contributed by atoms with Crippen LogP contribution in [0.25, 0.3) is 0 Å². The Morgan fingerprint density at radius 2 is 0.854 bits per heavy atom. The molecule has 0 saturated carbocycles. The molecule has 0 aliphatic carbocycles. The molecular weight excluding hydrogens is 544 g/mol. The Morgan fingerprint density at radius 3 is 1.17 bits per heavy atom. The van der Waals surface area contributed by atoms with Crippen LogP contribution < -0.4 is 0 Å². The molecule has 0 atom stereocenters. The van der Waals surface area contributed by atoms with Crippen LogP contribution >= 0.6 is 0 Å². The van der Waals surface area contributed by atoms with E-state index in [0.29, 0.717) is 0 Å². The Bertz CT molecular complexity index is 802. The molecule has 0 aliphatic rings. The standard InChI is InChI=1S/C28H44O12.H2O/c1-7-22(29)36-17-27(13-14-34-12-6,18-37-23(30)8-2)15-35-16-28(19-38-24(31)9-3,20-39-25(32)10-4)21-40-26(33)11-5;/h7-12,15-21H2,1-6H3;1H2. The maximum atomic E-state index is 12.0. The van der Waals surface area contributed by atoms with E-state index < -0.39 is 40.7 Å². The summed E-state index contributed by atoms with van der Waals surface area (Å²) in [5, 5.41) is 0. The van der Waals surface area contributed by atoms with Gasteiger partial charge in [-0.05, 0) is 12.8 Å². The van der Waals surface area contributed by atoms with Crippen molar-refractivity contribution in [3.8, 4) is 12.0 Å². The number of ether oxygens (including phenoxy) is 7. The number of hydrogen-bond donors (Lipinski definition) is 0.